The fraction of sp³-hybridized carbons (Fsp3) is 0.643. The van der Waals surface area contributed by atoms with Crippen LogP contribution in [0.5, 0.6) is 0 Å². The molecule has 2 unspecified atom stereocenters. The summed E-state index contributed by atoms with van der Waals surface area (Å²) in [5, 5.41) is 11.8. The van der Waals surface area contributed by atoms with Gasteiger partial charge in [0.1, 0.15) is 13.2 Å². The quantitative estimate of drug-likeness (QED) is 0.0195. The molecule has 0 N–H and O–H groups in total. The first-order valence-electron chi connectivity index (χ1n) is 31.3. The monoisotopic (exact) mass is 1100 g/mol. The molecule has 0 aromatic heterocycles. The maximum Gasteiger partial charge on any atom is 0.306 e. The van der Waals surface area contributed by atoms with Gasteiger partial charge in [0.2, 0.25) is 0 Å². The van der Waals surface area contributed by atoms with Crippen molar-refractivity contribution >= 4 is 17.9 Å². The summed E-state index contributed by atoms with van der Waals surface area (Å²) in [5.74, 6) is -2.34. The van der Waals surface area contributed by atoms with Gasteiger partial charge in [-0.2, -0.15) is 0 Å². The molecule has 0 heterocycles. The van der Waals surface area contributed by atoms with E-state index in [9.17, 15) is 19.5 Å². The largest absolute Gasteiger partial charge is 0.545 e. The maximum atomic E-state index is 12.9. The van der Waals surface area contributed by atoms with Crippen molar-refractivity contribution < 1.29 is 42.9 Å². The van der Waals surface area contributed by atoms with Crippen molar-refractivity contribution in [3.8, 4) is 0 Å². The lowest BCUT2D eigenvalue weighted by Crippen LogP contribution is -2.44. The van der Waals surface area contributed by atoms with E-state index in [1.165, 1.54) is 89.9 Å². The molecule has 0 radical (unpaired) electrons. The van der Waals surface area contributed by atoms with Gasteiger partial charge in [-0.3, -0.25) is 9.59 Å². The molecule has 79 heavy (non-hydrogen) atoms. The fourth-order valence-electron chi connectivity index (χ4n) is 8.13. The molecule has 448 valence electrons. The van der Waals surface area contributed by atoms with Crippen LogP contribution < -0.4 is 5.11 Å². The van der Waals surface area contributed by atoms with E-state index in [1.807, 2.05) is 21.1 Å². The van der Waals surface area contributed by atoms with E-state index >= 15 is 0 Å². The lowest BCUT2D eigenvalue weighted by Gasteiger charge is -2.26. The third-order valence-electron chi connectivity index (χ3n) is 12.9. The van der Waals surface area contributed by atoms with Crippen molar-refractivity contribution in [2.75, 3.05) is 47.5 Å². The second kappa shape index (κ2) is 59.5. The van der Waals surface area contributed by atoms with Gasteiger partial charge in [0.25, 0.3) is 0 Å². The number of unbranched alkanes of at least 4 members (excludes halogenated alkanes) is 19. The molecule has 0 aliphatic carbocycles. The van der Waals surface area contributed by atoms with Gasteiger partial charge in [-0.25, -0.2) is 0 Å². The Labute approximate surface area is 484 Å². The van der Waals surface area contributed by atoms with Gasteiger partial charge in [-0.15, -0.1) is 0 Å². The van der Waals surface area contributed by atoms with Gasteiger partial charge in [-0.05, 0) is 96.3 Å². The first-order chi connectivity index (χ1) is 38.6. The molecule has 2 atom stereocenters. The predicted octanol–water partition coefficient (Wildman–Crippen LogP) is 17.7. The highest BCUT2D eigenvalue weighted by atomic mass is 16.7. The summed E-state index contributed by atoms with van der Waals surface area (Å²) in [4.78, 5) is 37.3. The lowest BCUT2D eigenvalue weighted by molar-refractivity contribution is -0.870. The van der Waals surface area contributed by atoms with Crippen molar-refractivity contribution in [2.45, 2.75) is 245 Å². The van der Waals surface area contributed by atoms with Crippen molar-refractivity contribution in [1.29, 1.82) is 0 Å². The summed E-state index contributed by atoms with van der Waals surface area (Å²) >= 11 is 0. The highest BCUT2D eigenvalue weighted by molar-refractivity contribution is 5.70. The summed E-state index contributed by atoms with van der Waals surface area (Å²) < 4.78 is 22.7. The minimum Gasteiger partial charge on any atom is -0.545 e. The molecule has 0 saturated heterocycles. The van der Waals surface area contributed by atoms with Crippen LogP contribution in [0.1, 0.15) is 232 Å². The van der Waals surface area contributed by atoms with Gasteiger partial charge < -0.3 is 33.3 Å². The minimum absolute atomic E-state index is 0.135. The van der Waals surface area contributed by atoms with Crippen molar-refractivity contribution in [3.63, 3.8) is 0 Å². The number of carboxylic acids is 1. The van der Waals surface area contributed by atoms with E-state index < -0.39 is 24.3 Å². The van der Waals surface area contributed by atoms with E-state index in [0.29, 0.717) is 17.4 Å². The molecule has 0 rings (SSSR count). The molecule has 0 bridgehead atoms. The molecule has 0 saturated carbocycles. The van der Waals surface area contributed by atoms with Gasteiger partial charge >= 0.3 is 11.9 Å². The third-order valence-corrected chi connectivity index (χ3v) is 12.9. The zero-order chi connectivity index (χ0) is 57.6. The molecule has 9 nitrogen and oxygen atoms in total. The molecule has 0 fully saturated rings. The Morgan fingerprint density at radius 2 is 0.722 bits per heavy atom. The van der Waals surface area contributed by atoms with Gasteiger partial charge in [-0.1, -0.05) is 257 Å². The van der Waals surface area contributed by atoms with Crippen LogP contribution in [0.25, 0.3) is 0 Å². The summed E-state index contributed by atoms with van der Waals surface area (Å²) in [6, 6.07) is 0. The Bertz CT molecular complexity index is 1750. The second-order valence-electron chi connectivity index (χ2n) is 21.6. The van der Waals surface area contributed by atoms with Crippen LogP contribution in [0, 0.1) is 0 Å². The SMILES string of the molecule is CC/C=C\C/C=C\C/C=C\C/C=C\C/C=C\C/C=C\C/C=C\C/C=C\C/C=C\C/C=C\C/C=C\CCCCCC(=O)OC(COC(=O)CCCCCCCCCCCCCCCCCCC)COC(OCC[N+](C)(C)C)C(=O)[O-]. The Kier molecular flexibility index (Phi) is 56.1. The van der Waals surface area contributed by atoms with Crippen LogP contribution >= 0.6 is 0 Å². The number of ether oxygens (including phenoxy) is 4. The normalized spacial score (nSPS) is 13.7. The van der Waals surface area contributed by atoms with Crippen LogP contribution in [0.4, 0.5) is 0 Å². The van der Waals surface area contributed by atoms with E-state index in [2.05, 4.69) is 148 Å². The zero-order valence-corrected chi connectivity index (χ0v) is 50.9. The molecule has 0 aromatic carbocycles. The molecular formula is C70H115NO8. The topological polar surface area (TPSA) is 111 Å². The molecule has 0 aliphatic heterocycles. The first-order valence-corrected chi connectivity index (χ1v) is 31.3. The lowest BCUT2D eigenvalue weighted by atomic mass is 10.0. The molecule has 0 aromatic rings. The number of hydrogen-bond donors (Lipinski definition) is 0. The van der Waals surface area contributed by atoms with E-state index in [1.54, 1.807) is 0 Å². The number of aliphatic carboxylic acids is 1. The zero-order valence-electron chi connectivity index (χ0n) is 50.9. The van der Waals surface area contributed by atoms with E-state index in [0.717, 1.165) is 109 Å². The Morgan fingerprint density at radius 3 is 1.08 bits per heavy atom. The fourth-order valence-corrected chi connectivity index (χ4v) is 8.13. The Balaban J connectivity index is 4.29. The summed E-state index contributed by atoms with van der Waals surface area (Å²) in [6.07, 6.45) is 82.3. The molecule has 9 heteroatoms. The van der Waals surface area contributed by atoms with Crippen LogP contribution in [-0.4, -0.2) is 82.3 Å². The maximum absolute atomic E-state index is 12.9. The molecular weight excluding hydrogens is 983 g/mol. The second-order valence-corrected chi connectivity index (χ2v) is 21.6. The average Bonchev–Trinajstić information content (AvgIpc) is 3.42. The van der Waals surface area contributed by atoms with Gasteiger partial charge in [0, 0.05) is 12.8 Å². The van der Waals surface area contributed by atoms with Crippen molar-refractivity contribution in [3.05, 3.63) is 134 Å². The number of carbonyl (C=O) groups is 3. The number of carbonyl (C=O) groups excluding carboxylic acids is 3. The first kappa shape index (κ1) is 74.4. The standard InChI is InChI=1S/C70H115NO8/c1-6-8-10-12-14-16-18-20-22-24-25-26-27-28-29-30-31-32-33-34-35-36-37-38-39-40-41-42-43-45-47-49-51-53-55-57-59-61-68(73)79-66(65-78-70(69(74)75)76-63-62-71(3,4)5)64-77-67(72)60-58-56-54-52-50-48-46-44-23-21-19-17-15-13-11-9-7-2/h8,10,14,16,20,22,25-26,28-29,31-32,34-35,37-38,40-41,43,45,49,51,66,70H,6-7,9,11-13,15,17-19,21,23-24,27,30,33,36,39,42,44,46-48,50,52-65H2,1-5H3/b10-8-,16-14-,22-20-,26-25-,29-28-,32-31-,35-34-,38-37-,41-40-,45-43-,51-49-. The van der Waals surface area contributed by atoms with Crippen LogP contribution in [0.2, 0.25) is 0 Å². The van der Waals surface area contributed by atoms with E-state index in [4.69, 9.17) is 18.9 Å². The smallest absolute Gasteiger partial charge is 0.306 e. The number of hydrogen-bond acceptors (Lipinski definition) is 8. The summed E-state index contributed by atoms with van der Waals surface area (Å²) in [7, 11) is 5.90. The average molecular weight is 1100 g/mol. The molecule has 0 aliphatic rings. The highest BCUT2D eigenvalue weighted by Crippen LogP contribution is 2.15. The van der Waals surface area contributed by atoms with Crippen LogP contribution in [-0.2, 0) is 33.3 Å². The van der Waals surface area contributed by atoms with Crippen LogP contribution in [0.15, 0.2) is 134 Å². The molecule has 0 spiro atoms. The number of likely N-dealkylation sites (N-methyl/N-ethyl adjacent to an activating group) is 1. The number of carboxylic acid groups (broad SMARTS) is 1. The number of rotatable bonds is 56. The Morgan fingerprint density at radius 1 is 0.392 bits per heavy atom. The van der Waals surface area contributed by atoms with Crippen molar-refractivity contribution in [1.82, 2.24) is 0 Å². The highest BCUT2D eigenvalue weighted by Gasteiger charge is 2.22. The van der Waals surface area contributed by atoms with Gasteiger partial charge in [0.15, 0.2) is 12.4 Å². The van der Waals surface area contributed by atoms with E-state index in [-0.39, 0.29) is 38.6 Å². The van der Waals surface area contributed by atoms with Gasteiger partial charge in [0.05, 0.1) is 40.3 Å². The number of quaternary nitrogens is 1. The third kappa shape index (κ3) is 60.9. The number of esters is 2. The van der Waals surface area contributed by atoms with Crippen molar-refractivity contribution in [2.24, 2.45) is 0 Å². The minimum atomic E-state index is -1.64. The predicted molar refractivity (Wildman–Crippen MR) is 333 cm³/mol. The van der Waals surface area contributed by atoms with Crippen LogP contribution in [0.3, 0.4) is 0 Å². The summed E-state index contributed by atoms with van der Waals surface area (Å²) in [6.45, 7) is 4.59. The molecule has 0 amide bonds. The summed E-state index contributed by atoms with van der Waals surface area (Å²) in [5.41, 5.74) is 0. The number of allylic oxidation sites excluding steroid dienone is 22. The number of nitrogens with zero attached hydrogens (tertiary/aromatic N) is 1. The Hall–Kier alpha value is -4.57.